The Balaban J connectivity index is 1.59. The second kappa shape index (κ2) is 5.62. The summed E-state index contributed by atoms with van der Waals surface area (Å²) in [4.78, 5) is 25.9. The number of carbonyl (C=O) groups excluding carboxylic acids is 2. The zero-order chi connectivity index (χ0) is 16.1. The molecule has 0 aromatic carbocycles. The lowest BCUT2D eigenvalue weighted by Gasteiger charge is -2.20. The molecule has 2 amide bonds. The minimum atomic E-state index is -0.403. The number of hydrogen-bond acceptors (Lipinski definition) is 3. The molecular weight excluding hydrogens is 308 g/mol. The normalized spacial score (nSPS) is 31.9. The molecule has 4 nitrogen and oxygen atoms in total. The highest BCUT2D eigenvalue weighted by molar-refractivity contribution is 7.17. The van der Waals surface area contributed by atoms with Gasteiger partial charge >= 0.3 is 0 Å². The monoisotopic (exact) mass is 332 g/mol. The zero-order valence-corrected chi connectivity index (χ0v) is 14.4. The van der Waals surface area contributed by atoms with Crippen LogP contribution in [-0.2, 0) is 17.6 Å². The highest BCUT2D eigenvalue weighted by Crippen LogP contribution is 2.49. The molecule has 3 aliphatic carbocycles. The van der Waals surface area contributed by atoms with E-state index < -0.39 is 5.91 Å². The summed E-state index contributed by atoms with van der Waals surface area (Å²) in [7, 11) is 0. The van der Waals surface area contributed by atoms with Crippen molar-refractivity contribution in [1.82, 2.24) is 0 Å². The summed E-state index contributed by atoms with van der Waals surface area (Å²) in [6.07, 6.45) is 7.67. The molecule has 3 aliphatic rings. The SMILES string of the molecule is C[C@H]1CCc2c(sc(NC(=O)[C@@H]3C[C@@H]4CC[C@@H]3C4)c2C(N)=O)C1. The van der Waals surface area contributed by atoms with Crippen LogP contribution in [0.25, 0.3) is 0 Å². The number of carbonyl (C=O) groups is 2. The highest BCUT2D eigenvalue weighted by atomic mass is 32.1. The van der Waals surface area contributed by atoms with E-state index in [0.29, 0.717) is 22.4 Å². The molecule has 0 radical (unpaired) electrons. The van der Waals surface area contributed by atoms with E-state index in [9.17, 15) is 9.59 Å². The molecule has 5 heteroatoms. The maximum atomic E-state index is 12.7. The first-order valence-electron chi connectivity index (χ1n) is 8.78. The number of thiophene rings is 1. The molecule has 3 N–H and O–H groups in total. The lowest BCUT2D eigenvalue weighted by atomic mass is 9.87. The first kappa shape index (κ1) is 15.2. The van der Waals surface area contributed by atoms with Gasteiger partial charge in [0.2, 0.25) is 5.91 Å². The Morgan fingerprint density at radius 3 is 2.70 bits per heavy atom. The topological polar surface area (TPSA) is 72.2 Å². The van der Waals surface area contributed by atoms with Gasteiger partial charge in [-0.05, 0) is 61.8 Å². The Bertz CT molecular complexity index is 666. The molecule has 0 unspecified atom stereocenters. The van der Waals surface area contributed by atoms with Crippen molar-refractivity contribution in [3.8, 4) is 0 Å². The highest BCUT2D eigenvalue weighted by Gasteiger charge is 2.43. The van der Waals surface area contributed by atoms with Gasteiger partial charge in [-0.25, -0.2) is 0 Å². The maximum Gasteiger partial charge on any atom is 0.251 e. The number of amides is 2. The van der Waals surface area contributed by atoms with E-state index in [1.54, 1.807) is 11.3 Å². The third kappa shape index (κ3) is 2.59. The molecule has 0 spiro atoms. The van der Waals surface area contributed by atoms with Crippen LogP contribution < -0.4 is 11.1 Å². The van der Waals surface area contributed by atoms with Crippen molar-refractivity contribution < 1.29 is 9.59 Å². The van der Waals surface area contributed by atoms with Crippen LogP contribution in [0, 0.1) is 23.7 Å². The number of anilines is 1. The predicted octanol–water partition coefficient (Wildman–Crippen LogP) is 3.35. The number of fused-ring (bicyclic) bond motifs is 3. The zero-order valence-electron chi connectivity index (χ0n) is 13.6. The number of primary amides is 1. The fourth-order valence-corrected chi connectivity index (χ4v) is 6.29. The lowest BCUT2D eigenvalue weighted by Crippen LogP contribution is -2.28. The first-order valence-corrected chi connectivity index (χ1v) is 9.59. The van der Waals surface area contributed by atoms with Crippen molar-refractivity contribution in [2.24, 2.45) is 29.4 Å². The van der Waals surface area contributed by atoms with E-state index in [1.807, 2.05) is 0 Å². The molecule has 2 saturated carbocycles. The number of nitrogens with two attached hydrogens (primary N) is 1. The Morgan fingerprint density at radius 2 is 2.04 bits per heavy atom. The molecule has 124 valence electrons. The second-order valence-electron chi connectivity index (χ2n) is 7.69. The fraction of sp³-hybridized carbons (Fsp3) is 0.667. The van der Waals surface area contributed by atoms with E-state index in [1.165, 1.54) is 24.1 Å². The van der Waals surface area contributed by atoms with Crippen molar-refractivity contribution in [1.29, 1.82) is 0 Å². The molecule has 23 heavy (non-hydrogen) atoms. The standard InChI is InChI=1S/C18H24N2O2S/c1-9-2-5-12-14(6-9)23-18(15(12)16(19)21)20-17(22)13-8-10-3-4-11(13)7-10/h9-11,13H,2-8H2,1H3,(H2,19,21)(H,20,22)/t9-,10+,11+,13+/m0/s1. The van der Waals surface area contributed by atoms with Crippen LogP contribution in [0.1, 0.15) is 59.8 Å². The van der Waals surface area contributed by atoms with E-state index >= 15 is 0 Å². The van der Waals surface area contributed by atoms with Gasteiger partial charge in [-0.2, -0.15) is 0 Å². The lowest BCUT2D eigenvalue weighted by molar-refractivity contribution is -0.121. The first-order chi connectivity index (χ1) is 11.0. The minimum Gasteiger partial charge on any atom is -0.365 e. The van der Waals surface area contributed by atoms with Crippen LogP contribution in [0.15, 0.2) is 0 Å². The van der Waals surface area contributed by atoms with Crippen LogP contribution in [0.5, 0.6) is 0 Å². The Labute approximate surface area is 140 Å². The summed E-state index contributed by atoms with van der Waals surface area (Å²) in [6, 6.07) is 0. The number of rotatable bonds is 3. The van der Waals surface area contributed by atoms with Crippen LogP contribution in [0.4, 0.5) is 5.00 Å². The van der Waals surface area contributed by atoms with Crippen LogP contribution >= 0.6 is 11.3 Å². The Morgan fingerprint density at radius 1 is 1.22 bits per heavy atom. The predicted molar refractivity (Wildman–Crippen MR) is 91.6 cm³/mol. The van der Waals surface area contributed by atoms with Gasteiger partial charge in [0.05, 0.1) is 5.56 Å². The van der Waals surface area contributed by atoms with Crippen molar-refractivity contribution in [3.63, 3.8) is 0 Å². The Hall–Kier alpha value is -1.36. The maximum absolute atomic E-state index is 12.7. The van der Waals surface area contributed by atoms with Gasteiger partial charge < -0.3 is 11.1 Å². The molecule has 0 aliphatic heterocycles. The molecule has 2 bridgehead atoms. The van der Waals surface area contributed by atoms with Crippen molar-refractivity contribution in [2.45, 2.75) is 51.9 Å². The fourth-order valence-electron chi connectivity index (χ4n) is 4.87. The molecule has 1 aromatic rings. The van der Waals surface area contributed by atoms with Gasteiger partial charge in [0, 0.05) is 10.8 Å². The van der Waals surface area contributed by atoms with Gasteiger partial charge in [0.25, 0.3) is 5.91 Å². The molecule has 0 saturated heterocycles. The number of hydrogen-bond donors (Lipinski definition) is 2. The second-order valence-corrected chi connectivity index (χ2v) is 8.80. The van der Waals surface area contributed by atoms with E-state index in [2.05, 4.69) is 12.2 Å². The minimum absolute atomic E-state index is 0.103. The summed E-state index contributed by atoms with van der Waals surface area (Å²) < 4.78 is 0. The van der Waals surface area contributed by atoms with E-state index in [4.69, 9.17) is 5.73 Å². The van der Waals surface area contributed by atoms with Crippen LogP contribution in [0.2, 0.25) is 0 Å². The molecule has 1 aromatic heterocycles. The number of nitrogens with one attached hydrogen (secondary N) is 1. The quantitative estimate of drug-likeness (QED) is 0.891. The summed E-state index contributed by atoms with van der Waals surface area (Å²) in [6.45, 7) is 2.24. The molecule has 4 atom stereocenters. The summed E-state index contributed by atoms with van der Waals surface area (Å²) in [5.41, 5.74) is 7.29. The van der Waals surface area contributed by atoms with Crippen LogP contribution in [-0.4, -0.2) is 11.8 Å². The third-order valence-electron chi connectivity index (χ3n) is 6.07. The molecule has 4 rings (SSSR count). The van der Waals surface area contributed by atoms with Gasteiger partial charge in [-0.1, -0.05) is 13.3 Å². The third-order valence-corrected chi connectivity index (χ3v) is 7.24. The van der Waals surface area contributed by atoms with E-state index in [-0.39, 0.29) is 11.8 Å². The summed E-state index contributed by atoms with van der Waals surface area (Å²) in [5.74, 6) is 1.76. The molecule has 1 heterocycles. The summed E-state index contributed by atoms with van der Waals surface area (Å²) in [5, 5.41) is 3.77. The Kier molecular flexibility index (Phi) is 3.71. The van der Waals surface area contributed by atoms with Crippen molar-refractivity contribution >= 4 is 28.2 Å². The van der Waals surface area contributed by atoms with Crippen molar-refractivity contribution in [3.05, 3.63) is 16.0 Å². The van der Waals surface area contributed by atoms with Gasteiger partial charge in [-0.15, -0.1) is 11.3 Å². The smallest absolute Gasteiger partial charge is 0.251 e. The van der Waals surface area contributed by atoms with E-state index in [0.717, 1.165) is 37.2 Å². The van der Waals surface area contributed by atoms with Crippen LogP contribution in [0.3, 0.4) is 0 Å². The molecular formula is C18H24N2O2S. The van der Waals surface area contributed by atoms with Gasteiger partial charge in [0.1, 0.15) is 5.00 Å². The average molecular weight is 332 g/mol. The van der Waals surface area contributed by atoms with Gasteiger partial charge in [-0.3, -0.25) is 9.59 Å². The largest absolute Gasteiger partial charge is 0.365 e. The average Bonchev–Trinajstić information content (AvgIpc) is 3.18. The molecule has 2 fully saturated rings. The summed E-state index contributed by atoms with van der Waals surface area (Å²) >= 11 is 1.57. The van der Waals surface area contributed by atoms with Crippen molar-refractivity contribution in [2.75, 3.05) is 5.32 Å². The van der Waals surface area contributed by atoms with Gasteiger partial charge in [0.15, 0.2) is 0 Å².